The Morgan fingerprint density at radius 3 is 2.74 bits per heavy atom. The largest absolute Gasteiger partial charge is 0.479 e. The van der Waals surface area contributed by atoms with Crippen LogP contribution in [0.2, 0.25) is 0 Å². The van der Waals surface area contributed by atoms with Crippen molar-refractivity contribution >= 4 is 12.4 Å². The zero-order valence-electron chi connectivity index (χ0n) is 9.91. The van der Waals surface area contributed by atoms with Crippen molar-refractivity contribution in [2.24, 2.45) is 0 Å². The lowest BCUT2D eigenvalue weighted by molar-refractivity contribution is -0.379. The predicted octanol–water partition coefficient (Wildman–Crippen LogP) is 0.334. The minimum atomic E-state index is -0.404. The van der Waals surface area contributed by atoms with E-state index < -0.39 is 5.56 Å². The van der Waals surface area contributed by atoms with Crippen molar-refractivity contribution in [1.29, 1.82) is 0 Å². The molecule has 3 rings (SSSR count). The van der Waals surface area contributed by atoms with E-state index in [-0.39, 0.29) is 11.5 Å². The maximum Gasteiger partial charge on any atom is 0.318 e. The number of nitrogens with zero attached hydrogens (tertiary/aromatic N) is 1. The van der Waals surface area contributed by atoms with E-state index in [1.807, 2.05) is 6.07 Å². The van der Waals surface area contributed by atoms with Gasteiger partial charge in [0.1, 0.15) is 11.8 Å². The van der Waals surface area contributed by atoms with Gasteiger partial charge in [-0.1, -0.05) is 30.3 Å². The quantitative estimate of drug-likeness (QED) is 0.812. The van der Waals surface area contributed by atoms with Crippen LogP contribution >= 0.6 is 0 Å². The molecule has 19 heavy (non-hydrogen) atoms. The van der Waals surface area contributed by atoms with Crippen LogP contribution in [0.25, 0.3) is 17.3 Å². The Hall–Kier alpha value is -2.82. The lowest BCUT2D eigenvalue weighted by Crippen LogP contribution is -2.63. The third-order valence-electron chi connectivity index (χ3n) is 2.75. The first-order valence-electron chi connectivity index (χ1n) is 5.74. The summed E-state index contributed by atoms with van der Waals surface area (Å²) < 4.78 is 6.06. The molecule has 0 spiro atoms. The number of allylic oxidation sites excluding steroid dienone is 2. The van der Waals surface area contributed by atoms with Gasteiger partial charge in [-0.3, -0.25) is 4.79 Å². The predicted molar refractivity (Wildman–Crippen MR) is 70.5 cm³/mol. The van der Waals surface area contributed by atoms with E-state index in [1.165, 1.54) is 6.20 Å². The average Bonchev–Trinajstić information content (AvgIpc) is 3.01. The first kappa shape index (κ1) is 11.3. The van der Waals surface area contributed by atoms with Crippen LogP contribution in [0.5, 0.6) is 5.95 Å². The summed E-state index contributed by atoms with van der Waals surface area (Å²) in [6.45, 7) is 0. The Morgan fingerprint density at radius 2 is 2.05 bits per heavy atom. The number of hydrogen-bond acceptors (Lipinski definition) is 3. The molecule has 0 saturated heterocycles. The highest BCUT2D eigenvalue weighted by Gasteiger charge is 2.18. The zero-order chi connectivity index (χ0) is 13.2. The Balaban J connectivity index is 2.12. The van der Waals surface area contributed by atoms with E-state index in [2.05, 4.69) is 4.99 Å². The summed E-state index contributed by atoms with van der Waals surface area (Å²) in [5.41, 5.74) is 1.07. The fourth-order valence-corrected chi connectivity index (χ4v) is 1.87. The number of aromatic hydroxyl groups is 1. The summed E-state index contributed by atoms with van der Waals surface area (Å²) in [6.07, 6.45) is 6.80. The summed E-state index contributed by atoms with van der Waals surface area (Å²) in [5.74, 6) is -0.390. The molecule has 1 aliphatic heterocycles. The summed E-state index contributed by atoms with van der Waals surface area (Å²) in [6, 6.07) is 8.90. The van der Waals surface area contributed by atoms with Gasteiger partial charge in [-0.2, -0.15) is 0 Å². The minimum Gasteiger partial charge on any atom is -0.479 e. The molecule has 1 aromatic carbocycles. The van der Waals surface area contributed by atoms with Crippen LogP contribution in [0.1, 0.15) is 0 Å². The van der Waals surface area contributed by atoms with Gasteiger partial charge in [0.25, 0.3) is 5.56 Å². The minimum absolute atomic E-state index is 0.156. The van der Waals surface area contributed by atoms with Crippen molar-refractivity contribution in [3.8, 4) is 17.1 Å². The molecule has 1 aromatic heterocycles. The molecule has 0 radical (unpaired) electrons. The van der Waals surface area contributed by atoms with Gasteiger partial charge >= 0.3 is 5.95 Å². The van der Waals surface area contributed by atoms with Crippen molar-refractivity contribution < 1.29 is 14.6 Å². The smallest absolute Gasteiger partial charge is 0.318 e. The maximum atomic E-state index is 12.2. The molecule has 0 atom stereocenters. The fourth-order valence-electron chi connectivity index (χ4n) is 1.87. The zero-order valence-corrected chi connectivity index (χ0v) is 9.91. The Labute approximate surface area is 108 Å². The molecular weight excluding hydrogens is 244 g/mol. The molecule has 1 aliphatic rings. The van der Waals surface area contributed by atoms with Crippen molar-refractivity contribution in [3.63, 3.8) is 0 Å². The van der Waals surface area contributed by atoms with E-state index in [1.54, 1.807) is 42.6 Å². The van der Waals surface area contributed by atoms with Gasteiger partial charge in [0.2, 0.25) is 5.70 Å². The van der Waals surface area contributed by atoms with Crippen molar-refractivity contribution in [2.45, 2.75) is 0 Å². The lowest BCUT2D eigenvalue weighted by Gasteiger charge is -1.93. The number of benzene rings is 1. The van der Waals surface area contributed by atoms with E-state index in [0.29, 0.717) is 11.3 Å². The molecule has 2 aromatic rings. The van der Waals surface area contributed by atoms with Gasteiger partial charge in [0.05, 0.1) is 0 Å². The molecule has 5 heteroatoms. The summed E-state index contributed by atoms with van der Waals surface area (Å²) in [5, 5.41) is 9.78. The van der Waals surface area contributed by atoms with Gasteiger partial charge in [-0.15, -0.1) is 4.74 Å². The van der Waals surface area contributed by atoms with Crippen LogP contribution in [0, 0.1) is 0 Å². The SMILES string of the molecule is O=c1c(-c2ccccc2)c(O)on1C=C1C=CC=[NH+]1. The molecule has 94 valence electrons. The molecule has 0 saturated carbocycles. The van der Waals surface area contributed by atoms with E-state index in [0.717, 1.165) is 4.74 Å². The second kappa shape index (κ2) is 4.45. The number of hydrogen-bond donors (Lipinski definition) is 2. The van der Waals surface area contributed by atoms with Crippen LogP contribution < -0.4 is 10.6 Å². The van der Waals surface area contributed by atoms with Gasteiger partial charge in [0, 0.05) is 12.2 Å². The third kappa shape index (κ3) is 2.01. The van der Waals surface area contributed by atoms with Crippen molar-refractivity contribution in [1.82, 2.24) is 4.74 Å². The summed E-state index contributed by atoms with van der Waals surface area (Å²) in [4.78, 5) is 15.1. The highest BCUT2D eigenvalue weighted by atomic mass is 16.6. The van der Waals surface area contributed by atoms with E-state index >= 15 is 0 Å². The normalized spacial score (nSPS) is 15.5. The highest BCUT2D eigenvalue weighted by Crippen LogP contribution is 2.25. The molecule has 0 bridgehead atoms. The van der Waals surface area contributed by atoms with Gasteiger partial charge in [0.15, 0.2) is 6.21 Å². The molecule has 0 amide bonds. The molecular formula is C14H11N2O3+. The maximum absolute atomic E-state index is 12.2. The Kier molecular flexibility index (Phi) is 2.64. The third-order valence-corrected chi connectivity index (χ3v) is 2.75. The Bertz CT molecular complexity index is 735. The van der Waals surface area contributed by atoms with Crippen molar-refractivity contribution in [2.75, 3.05) is 0 Å². The van der Waals surface area contributed by atoms with Crippen LogP contribution in [0.3, 0.4) is 0 Å². The highest BCUT2D eigenvalue weighted by molar-refractivity contribution is 5.70. The molecule has 2 N–H and O–H groups in total. The summed E-state index contributed by atoms with van der Waals surface area (Å²) >= 11 is 0. The monoisotopic (exact) mass is 255 g/mol. The standard InChI is InChI=1S/C14H10N2O3/c17-13-12(10-5-2-1-3-6-10)14(18)19-16(13)9-11-7-4-8-15-11/h1-9,18H/p+1. The van der Waals surface area contributed by atoms with Gasteiger partial charge in [-0.25, -0.2) is 4.99 Å². The van der Waals surface area contributed by atoms with Crippen LogP contribution in [0.4, 0.5) is 0 Å². The first-order chi connectivity index (χ1) is 9.25. The molecule has 0 unspecified atom stereocenters. The second-order valence-corrected chi connectivity index (χ2v) is 4.02. The Morgan fingerprint density at radius 1 is 1.26 bits per heavy atom. The molecule has 2 heterocycles. The van der Waals surface area contributed by atoms with Gasteiger partial charge < -0.3 is 9.63 Å². The summed E-state index contributed by atoms with van der Waals surface area (Å²) in [7, 11) is 0. The molecule has 5 nitrogen and oxygen atoms in total. The van der Waals surface area contributed by atoms with E-state index in [4.69, 9.17) is 4.52 Å². The topological polar surface area (TPSA) is 69.3 Å². The molecule has 0 aliphatic carbocycles. The van der Waals surface area contributed by atoms with Crippen LogP contribution in [0.15, 0.2) is 57.5 Å². The second-order valence-electron chi connectivity index (χ2n) is 4.02. The average molecular weight is 255 g/mol. The fraction of sp³-hybridized carbons (Fsp3) is 0. The first-order valence-corrected chi connectivity index (χ1v) is 5.74. The number of nitrogens with one attached hydrogen (secondary N) is 1. The van der Waals surface area contributed by atoms with Crippen LogP contribution in [-0.4, -0.2) is 16.1 Å². The number of aromatic nitrogens is 1. The van der Waals surface area contributed by atoms with E-state index in [9.17, 15) is 9.90 Å². The van der Waals surface area contributed by atoms with Crippen molar-refractivity contribution in [3.05, 3.63) is 58.5 Å². The molecule has 0 fully saturated rings. The number of rotatable bonds is 2. The van der Waals surface area contributed by atoms with Crippen LogP contribution in [-0.2, 0) is 0 Å². The van der Waals surface area contributed by atoms with Gasteiger partial charge in [-0.05, 0) is 5.56 Å². The lowest BCUT2D eigenvalue weighted by atomic mass is 10.1.